The van der Waals surface area contributed by atoms with E-state index in [0.29, 0.717) is 0 Å². The fraction of sp³-hybridized carbons (Fsp3) is 0.625. The quantitative estimate of drug-likeness (QED) is 0.634. The molecule has 1 aliphatic heterocycles. The van der Waals surface area contributed by atoms with Gasteiger partial charge in [-0.25, -0.2) is 0 Å². The minimum atomic E-state index is -0.275. The van der Waals surface area contributed by atoms with E-state index in [1.807, 2.05) is 12.1 Å². The van der Waals surface area contributed by atoms with Crippen molar-refractivity contribution in [1.82, 2.24) is 4.90 Å². The number of nitro groups is 1. The van der Waals surface area contributed by atoms with Gasteiger partial charge in [0.05, 0.1) is 4.92 Å². The SMILES string of the molecule is O=[N+]([O-])c1ccccc1N1CCN(C2CCCCC2)CC1. The molecular formula is C16H23N3O2. The molecule has 5 nitrogen and oxygen atoms in total. The van der Waals surface area contributed by atoms with Crippen molar-refractivity contribution in [2.24, 2.45) is 0 Å². The van der Waals surface area contributed by atoms with Gasteiger partial charge in [0.1, 0.15) is 5.69 Å². The molecule has 0 aromatic heterocycles. The third-order valence-electron chi connectivity index (χ3n) is 4.82. The lowest BCUT2D eigenvalue weighted by atomic mass is 9.94. The molecule has 3 rings (SSSR count). The summed E-state index contributed by atoms with van der Waals surface area (Å²) in [6.07, 6.45) is 6.74. The van der Waals surface area contributed by atoms with Crippen molar-refractivity contribution < 1.29 is 4.92 Å². The Kier molecular flexibility index (Phi) is 4.39. The van der Waals surface area contributed by atoms with E-state index in [9.17, 15) is 10.1 Å². The van der Waals surface area contributed by atoms with Crippen LogP contribution in [0.4, 0.5) is 11.4 Å². The number of nitrogens with zero attached hydrogens (tertiary/aromatic N) is 3. The van der Waals surface area contributed by atoms with Crippen molar-refractivity contribution >= 4 is 11.4 Å². The lowest BCUT2D eigenvalue weighted by Crippen LogP contribution is -2.51. The van der Waals surface area contributed by atoms with E-state index in [4.69, 9.17) is 0 Å². The molecule has 0 radical (unpaired) electrons. The monoisotopic (exact) mass is 289 g/mol. The lowest BCUT2D eigenvalue weighted by molar-refractivity contribution is -0.384. The molecule has 0 N–H and O–H groups in total. The maximum Gasteiger partial charge on any atom is 0.292 e. The molecule has 1 aliphatic carbocycles. The summed E-state index contributed by atoms with van der Waals surface area (Å²) in [7, 11) is 0. The number of benzene rings is 1. The van der Waals surface area contributed by atoms with Gasteiger partial charge in [0.15, 0.2) is 0 Å². The van der Waals surface area contributed by atoms with E-state index in [0.717, 1.165) is 37.9 Å². The predicted molar refractivity (Wildman–Crippen MR) is 83.8 cm³/mol. The maximum absolute atomic E-state index is 11.1. The molecule has 1 saturated heterocycles. The molecule has 2 aliphatic rings. The predicted octanol–water partition coefficient (Wildman–Crippen LogP) is 3.05. The fourth-order valence-electron chi connectivity index (χ4n) is 3.66. The molecule has 114 valence electrons. The highest BCUT2D eigenvalue weighted by atomic mass is 16.6. The largest absolute Gasteiger partial charge is 0.363 e. The van der Waals surface area contributed by atoms with E-state index in [-0.39, 0.29) is 10.6 Å². The second kappa shape index (κ2) is 6.43. The van der Waals surface area contributed by atoms with Crippen LogP contribution in [0.2, 0.25) is 0 Å². The number of nitro benzene ring substituents is 1. The topological polar surface area (TPSA) is 49.6 Å². The average molecular weight is 289 g/mol. The molecule has 0 atom stereocenters. The zero-order valence-electron chi connectivity index (χ0n) is 12.4. The molecule has 0 amide bonds. The number of anilines is 1. The van der Waals surface area contributed by atoms with Crippen LogP contribution in [0, 0.1) is 10.1 Å². The van der Waals surface area contributed by atoms with Crippen LogP contribution in [0.25, 0.3) is 0 Å². The first kappa shape index (κ1) is 14.3. The number of para-hydroxylation sites is 2. The molecule has 0 unspecified atom stereocenters. The van der Waals surface area contributed by atoms with E-state index < -0.39 is 0 Å². The maximum atomic E-state index is 11.1. The molecule has 21 heavy (non-hydrogen) atoms. The molecule has 1 aromatic rings. The van der Waals surface area contributed by atoms with Crippen LogP contribution >= 0.6 is 0 Å². The van der Waals surface area contributed by atoms with E-state index in [1.54, 1.807) is 12.1 Å². The molecule has 0 spiro atoms. The lowest BCUT2D eigenvalue weighted by Gasteiger charge is -2.41. The fourth-order valence-corrected chi connectivity index (χ4v) is 3.66. The first-order chi connectivity index (χ1) is 10.3. The van der Waals surface area contributed by atoms with Gasteiger partial charge in [-0.1, -0.05) is 31.4 Å². The average Bonchev–Trinajstić information content (AvgIpc) is 2.56. The number of hydrogen-bond acceptors (Lipinski definition) is 4. The van der Waals surface area contributed by atoms with E-state index >= 15 is 0 Å². The molecule has 1 saturated carbocycles. The Morgan fingerprint density at radius 1 is 1.00 bits per heavy atom. The first-order valence-corrected chi connectivity index (χ1v) is 7.98. The highest BCUT2D eigenvalue weighted by Gasteiger charge is 2.27. The standard InChI is InChI=1S/C16H23N3O2/c20-19(21)16-9-5-4-8-15(16)18-12-10-17(11-13-18)14-6-2-1-3-7-14/h4-5,8-9,14H,1-3,6-7,10-13H2. The molecule has 1 heterocycles. The van der Waals surface area contributed by atoms with Crippen molar-refractivity contribution in [3.8, 4) is 0 Å². The second-order valence-electron chi connectivity index (χ2n) is 6.06. The van der Waals surface area contributed by atoms with Crippen LogP contribution in [0.1, 0.15) is 32.1 Å². The minimum Gasteiger partial charge on any atom is -0.363 e. The Morgan fingerprint density at radius 3 is 2.33 bits per heavy atom. The van der Waals surface area contributed by atoms with Crippen LogP contribution in [-0.2, 0) is 0 Å². The Morgan fingerprint density at radius 2 is 1.67 bits per heavy atom. The van der Waals surface area contributed by atoms with Gasteiger partial charge in [-0.05, 0) is 18.9 Å². The Bertz CT molecular complexity index is 492. The van der Waals surface area contributed by atoms with Crippen LogP contribution in [0.15, 0.2) is 24.3 Å². The summed E-state index contributed by atoms with van der Waals surface area (Å²) in [4.78, 5) is 15.6. The summed E-state index contributed by atoms with van der Waals surface area (Å²) in [5.74, 6) is 0. The van der Waals surface area contributed by atoms with Gasteiger partial charge in [0.25, 0.3) is 5.69 Å². The molecule has 5 heteroatoms. The summed E-state index contributed by atoms with van der Waals surface area (Å²) in [6, 6.07) is 7.83. The number of rotatable bonds is 3. The van der Waals surface area contributed by atoms with Crippen molar-refractivity contribution in [3.63, 3.8) is 0 Å². The van der Waals surface area contributed by atoms with Gasteiger partial charge < -0.3 is 4.90 Å². The highest BCUT2D eigenvalue weighted by Crippen LogP contribution is 2.30. The Labute approximate surface area is 125 Å². The zero-order valence-corrected chi connectivity index (χ0v) is 12.4. The second-order valence-corrected chi connectivity index (χ2v) is 6.06. The number of hydrogen-bond donors (Lipinski definition) is 0. The summed E-state index contributed by atoms with van der Waals surface area (Å²) in [5.41, 5.74) is 0.995. The third kappa shape index (κ3) is 3.18. The van der Waals surface area contributed by atoms with Gasteiger partial charge >= 0.3 is 0 Å². The minimum absolute atomic E-state index is 0.226. The third-order valence-corrected chi connectivity index (χ3v) is 4.82. The van der Waals surface area contributed by atoms with E-state index in [2.05, 4.69) is 9.80 Å². The van der Waals surface area contributed by atoms with Crippen molar-refractivity contribution in [3.05, 3.63) is 34.4 Å². The molecular weight excluding hydrogens is 266 g/mol. The van der Waals surface area contributed by atoms with Crippen molar-refractivity contribution in [2.45, 2.75) is 38.1 Å². The first-order valence-electron chi connectivity index (χ1n) is 7.98. The van der Waals surface area contributed by atoms with Gasteiger partial charge in [-0.2, -0.15) is 0 Å². The summed E-state index contributed by atoms with van der Waals surface area (Å²) in [5, 5.41) is 11.1. The summed E-state index contributed by atoms with van der Waals surface area (Å²) in [6.45, 7) is 3.83. The van der Waals surface area contributed by atoms with Gasteiger partial charge in [-0.15, -0.1) is 0 Å². The Balaban J connectivity index is 1.64. The van der Waals surface area contributed by atoms with Gasteiger partial charge in [0, 0.05) is 38.3 Å². The molecule has 0 bridgehead atoms. The van der Waals surface area contributed by atoms with Crippen LogP contribution in [-0.4, -0.2) is 42.0 Å². The zero-order chi connectivity index (χ0) is 14.7. The smallest absolute Gasteiger partial charge is 0.292 e. The normalized spacial score (nSPS) is 21.4. The number of piperazine rings is 1. The molecule has 1 aromatic carbocycles. The van der Waals surface area contributed by atoms with Crippen LogP contribution in [0.5, 0.6) is 0 Å². The van der Waals surface area contributed by atoms with Crippen molar-refractivity contribution in [2.75, 3.05) is 31.1 Å². The van der Waals surface area contributed by atoms with E-state index in [1.165, 1.54) is 32.1 Å². The molecule has 2 fully saturated rings. The van der Waals surface area contributed by atoms with Gasteiger partial charge in [0.2, 0.25) is 0 Å². The Hall–Kier alpha value is -1.62. The summed E-state index contributed by atoms with van der Waals surface area (Å²) >= 11 is 0. The van der Waals surface area contributed by atoms with Crippen LogP contribution in [0.3, 0.4) is 0 Å². The highest BCUT2D eigenvalue weighted by molar-refractivity contribution is 5.63. The van der Waals surface area contributed by atoms with Gasteiger partial charge in [-0.3, -0.25) is 15.0 Å². The van der Waals surface area contributed by atoms with Crippen molar-refractivity contribution in [1.29, 1.82) is 0 Å². The summed E-state index contributed by atoms with van der Waals surface area (Å²) < 4.78 is 0. The van der Waals surface area contributed by atoms with Crippen LogP contribution < -0.4 is 4.90 Å².